The molecule has 3 N–H and O–H groups in total. The Morgan fingerprint density at radius 3 is 1.71 bits per heavy atom. The summed E-state index contributed by atoms with van der Waals surface area (Å²) in [6.07, 6.45) is 9.41. The van der Waals surface area contributed by atoms with Crippen LogP contribution < -0.4 is 0 Å². The highest BCUT2D eigenvalue weighted by Gasteiger charge is 2.14. The Morgan fingerprint density at radius 2 is 1.18 bits per heavy atom. The van der Waals surface area contributed by atoms with Gasteiger partial charge in [-0.1, -0.05) is 58.3 Å². The quantitative estimate of drug-likeness (QED) is 0.464. The monoisotopic (exact) mass is 246 g/mol. The SMILES string of the molecule is CCCCCCCCCCC(O)C(O)CCO. The molecule has 0 heterocycles. The molecule has 2 unspecified atom stereocenters. The van der Waals surface area contributed by atoms with Gasteiger partial charge in [-0.05, 0) is 12.8 Å². The summed E-state index contributed by atoms with van der Waals surface area (Å²) in [5, 5.41) is 27.6. The van der Waals surface area contributed by atoms with Crippen molar-refractivity contribution >= 4 is 0 Å². The van der Waals surface area contributed by atoms with E-state index in [2.05, 4.69) is 6.92 Å². The van der Waals surface area contributed by atoms with Crippen LogP contribution in [0.1, 0.15) is 71.1 Å². The Balaban J connectivity index is 3.21. The summed E-state index contributed by atoms with van der Waals surface area (Å²) < 4.78 is 0. The summed E-state index contributed by atoms with van der Waals surface area (Å²) in [5.74, 6) is 0. The van der Waals surface area contributed by atoms with Crippen LogP contribution >= 0.6 is 0 Å². The summed E-state index contributed by atoms with van der Waals surface area (Å²) in [6, 6.07) is 0. The second-order valence-electron chi connectivity index (χ2n) is 4.91. The van der Waals surface area contributed by atoms with Gasteiger partial charge >= 0.3 is 0 Å². The number of hydrogen-bond acceptors (Lipinski definition) is 3. The largest absolute Gasteiger partial charge is 0.396 e. The van der Waals surface area contributed by atoms with Crippen molar-refractivity contribution in [2.45, 2.75) is 83.3 Å². The Kier molecular flexibility index (Phi) is 12.3. The first kappa shape index (κ1) is 16.9. The highest BCUT2D eigenvalue weighted by Crippen LogP contribution is 2.12. The smallest absolute Gasteiger partial charge is 0.0820 e. The van der Waals surface area contributed by atoms with Gasteiger partial charge < -0.3 is 15.3 Å². The fourth-order valence-corrected chi connectivity index (χ4v) is 2.00. The van der Waals surface area contributed by atoms with Gasteiger partial charge in [0.25, 0.3) is 0 Å². The standard InChI is InChI=1S/C14H30O3/c1-2-3-4-5-6-7-8-9-10-13(16)14(17)11-12-15/h13-17H,2-12H2,1H3. The number of aliphatic hydroxyl groups excluding tert-OH is 3. The zero-order valence-corrected chi connectivity index (χ0v) is 11.3. The van der Waals surface area contributed by atoms with E-state index >= 15 is 0 Å². The predicted octanol–water partition coefficient (Wildman–Crippen LogP) is 2.62. The maximum absolute atomic E-state index is 9.56. The molecule has 0 aliphatic carbocycles. The third-order valence-electron chi connectivity index (χ3n) is 3.22. The van der Waals surface area contributed by atoms with Gasteiger partial charge in [0.2, 0.25) is 0 Å². The van der Waals surface area contributed by atoms with Crippen LogP contribution in [-0.4, -0.2) is 34.1 Å². The third kappa shape index (κ3) is 10.7. The van der Waals surface area contributed by atoms with Crippen molar-refractivity contribution < 1.29 is 15.3 Å². The normalized spacial score (nSPS) is 14.8. The molecule has 0 aromatic heterocycles. The summed E-state index contributed by atoms with van der Waals surface area (Å²) >= 11 is 0. The van der Waals surface area contributed by atoms with Crippen molar-refractivity contribution in [1.29, 1.82) is 0 Å². The minimum atomic E-state index is -0.760. The van der Waals surface area contributed by atoms with Crippen LogP contribution in [0.2, 0.25) is 0 Å². The van der Waals surface area contributed by atoms with Gasteiger partial charge in [0.1, 0.15) is 0 Å². The molecule has 0 saturated heterocycles. The van der Waals surface area contributed by atoms with Crippen LogP contribution in [0, 0.1) is 0 Å². The molecule has 0 aliphatic rings. The third-order valence-corrected chi connectivity index (χ3v) is 3.22. The van der Waals surface area contributed by atoms with E-state index in [1.807, 2.05) is 0 Å². The molecular formula is C14H30O3. The van der Waals surface area contributed by atoms with Gasteiger partial charge in [-0.3, -0.25) is 0 Å². The molecule has 0 aromatic rings. The van der Waals surface area contributed by atoms with Gasteiger partial charge in [0.15, 0.2) is 0 Å². The van der Waals surface area contributed by atoms with Crippen molar-refractivity contribution in [3.05, 3.63) is 0 Å². The maximum Gasteiger partial charge on any atom is 0.0820 e. The van der Waals surface area contributed by atoms with Crippen molar-refractivity contribution in [2.24, 2.45) is 0 Å². The minimum Gasteiger partial charge on any atom is -0.396 e. The zero-order chi connectivity index (χ0) is 12.9. The molecule has 0 aromatic carbocycles. The van der Waals surface area contributed by atoms with Crippen molar-refractivity contribution in [2.75, 3.05) is 6.61 Å². The molecule has 0 rings (SSSR count). The zero-order valence-electron chi connectivity index (χ0n) is 11.3. The molecule has 0 spiro atoms. The molecule has 0 radical (unpaired) electrons. The van der Waals surface area contributed by atoms with Crippen molar-refractivity contribution in [3.8, 4) is 0 Å². The lowest BCUT2D eigenvalue weighted by atomic mass is 10.0. The second-order valence-corrected chi connectivity index (χ2v) is 4.91. The Hall–Kier alpha value is -0.120. The molecule has 2 atom stereocenters. The van der Waals surface area contributed by atoms with Crippen LogP contribution in [0.15, 0.2) is 0 Å². The van der Waals surface area contributed by atoms with Crippen LogP contribution in [0.3, 0.4) is 0 Å². The summed E-state index contributed by atoms with van der Waals surface area (Å²) in [4.78, 5) is 0. The molecular weight excluding hydrogens is 216 g/mol. The van der Waals surface area contributed by atoms with E-state index in [9.17, 15) is 10.2 Å². The van der Waals surface area contributed by atoms with E-state index in [-0.39, 0.29) is 13.0 Å². The van der Waals surface area contributed by atoms with Gasteiger partial charge in [0, 0.05) is 6.61 Å². The molecule has 3 heteroatoms. The lowest BCUT2D eigenvalue weighted by Crippen LogP contribution is -2.26. The van der Waals surface area contributed by atoms with Crippen molar-refractivity contribution in [3.63, 3.8) is 0 Å². The topological polar surface area (TPSA) is 60.7 Å². The second kappa shape index (κ2) is 12.3. The molecule has 0 saturated carbocycles. The lowest BCUT2D eigenvalue weighted by Gasteiger charge is -2.16. The Bertz CT molecular complexity index is 150. The van der Waals surface area contributed by atoms with Crippen LogP contribution in [-0.2, 0) is 0 Å². The van der Waals surface area contributed by atoms with Gasteiger partial charge in [0.05, 0.1) is 12.2 Å². The number of aliphatic hydroxyl groups is 3. The molecule has 0 fully saturated rings. The summed E-state index contributed by atoms with van der Waals surface area (Å²) in [5.41, 5.74) is 0. The van der Waals surface area contributed by atoms with E-state index in [4.69, 9.17) is 5.11 Å². The molecule has 17 heavy (non-hydrogen) atoms. The molecule has 104 valence electrons. The van der Waals surface area contributed by atoms with E-state index < -0.39 is 12.2 Å². The predicted molar refractivity (Wildman–Crippen MR) is 70.9 cm³/mol. The molecule has 0 aliphatic heterocycles. The number of hydrogen-bond donors (Lipinski definition) is 3. The number of rotatable bonds is 12. The minimum absolute atomic E-state index is 0.0599. The van der Waals surface area contributed by atoms with E-state index in [0.29, 0.717) is 6.42 Å². The first-order valence-electron chi connectivity index (χ1n) is 7.19. The first-order valence-corrected chi connectivity index (χ1v) is 7.19. The Labute approximate surface area is 106 Å². The lowest BCUT2D eigenvalue weighted by molar-refractivity contribution is -0.000105. The highest BCUT2D eigenvalue weighted by atomic mass is 16.3. The van der Waals surface area contributed by atoms with E-state index in [1.54, 1.807) is 0 Å². The molecule has 0 bridgehead atoms. The molecule has 3 nitrogen and oxygen atoms in total. The summed E-state index contributed by atoms with van der Waals surface area (Å²) in [6.45, 7) is 2.16. The van der Waals surface area contributed by atoms with E-state index in [0.717, 1.165) is 12.8 Å². The maximum atomic E-state index is 9.56. The summed E-state index contributed by atoms with van der Waals surface area (Å²) in [7, 11) is 0. The van der Waals surface area contributed by atoms with E-state index in [1.165, 1.54) is 38.5 Å². The van der Waals surface area contributed by atoms with Gasteiger partial charge in [-0.25, -0.2) is 0 Å². The van der Waals surface area contributed by atoms with Crippen LogP contribution in [0.25, 0.3) is 0 Å². The Morgan fingerprint density at radius 1 is 0.706 bits per heavy atom. The molecule has 0 amide bonds. The van der Waals surface area contributed by atoms with Crippen LogP contribution in [0.5, 0.6) is 0 Å². The fraction of sp³-hybridized carbons (Fsp3) is 1.00. The van der Waals surface area contributed by atoms with Crippen LogP contribution in [0.4, 0.5) is 0 Å². The number of unbranched alkanes of at least 4 members (excludes halogenated alkanes) is 7. The highest BCUT2D eigenvalue weighted by molar-refractivity contribution is 4.66. The average Bonchev–Trinajstić information content (AvgIpc) is 2.32. The average molecular weight is 246 g/mol. The van der Waals surface area contributed by atoms with Gasteiger partial charge in [-0.15, -0.1) is 0 Å². The first-order chi connectivity index (χ1) is 8.22. The van der Waals surface area contributed by atoms with Gasteiger partial charge in [-0.2, -0.15) is 0 Å². The fourth-order valence-electron chi connectivity index (χ4n) is 2.00. The van der Waals surface area contributed by atoms with Crippen molar-refractivity contribution in [1.82, 2.24) is 0 Å².